The summed E-state index contributed by atoms with van der Waals surface area (Å²) in [7, 11) is 0. The van der Waals surface area contributed by atoms with Crippen molar-refractivity contribution < 1.29 is 4.79 Å². The van der Waals surface area contributed by atoms with Gasteiger partial charge >= 0.3 is 0 Å². The summed E-state index contributed by atoms with van der Waals surface area (Å²) in [6.45, 7) is 2.99. The van der Waals surface area contributed by atoms with Gasteiger partial charge in [0.05, 0.1) is 5.54 Å². The average Bonchev–Trinajstić information content (AvgIpc) is 2.79. The first-order valence-corrected chi connectivity index (χ1v) is 6.72. The largest absolute Gasteiger partial charge is 0.309 e. The molecular formula is C13H18ClN3O. The molecule has 2 heterocycles. The molecule has 2 rings (SSSR count). The van der Waals surface area contributed by atoms with Crippen LogP contribution in [0.25, 0.3) is 0 Å². The molecule has 0 radical (unpaired) electrons. The molecule has 1 aliphatic rings. The number of anilines is 1. The summed E-state index contributed by atoms with van der Waals surface area (Å²) in [5.41, 5.74) is -0.432. The van der Waals surface area contributed by atoms with Gasteiger partial charge in [0, 0.05) is 11.2 Å². The number of nitrogens with one attached hydrogen (secondary N) is 2. The van der Waals surface area contributed by atoms with Crippen LogP contribution in [0.3, 0.4) is 0 Å². The number of rotatable bonds is 4. The fraction of sp³-hybridized carbons (Fsp3) is 0.538. The van der Waals surface area contributed by atoms with E-state index in [1.54, 1.807) is 18.3 Å². The van der Waals surface area contributed by atoms with Crippen LogP contribution in [-0.4, -0.2) is 23.0 Å². The molecule has 0 bridgehead atoms. The molecule has 98 valence electrons. The van der Waals surface area contributed by atoms with Gasteiger partial charge in [-0.1, -0.05) is 24.9 Å². The van der Waals surface area contributed by atoms with E-state index in [9.17, 15) is 4.79 Å². The van der Waals surface area contributed by atoms with Gasteiger partial charge < -0.3 is 10.6 Å². The summed E-state index contributed by atoms with van der Waals surface area (Å²) in [5.74, 6) is 0.508. The van der Waals surface area contributed by atoms with E-state index in [0.29, 0.717) is 10.8 Å². The number of halogens is 1. The Balaban J connectivity index is 2.10. The highest BCUT2D eigenvalue weighted by molar-refractivity contribution is 6.30. The van der Waals surface area contributed by atoms with E-state index in [4.69, 9.17) is 11.6 Å². The van der Waals surface area contributed by atoms with Crippen LogP contribution in [0.15, 0.2) is 18.3 Å². The van der Waals surface area contributed by atoms with Crippen molar-refractivity contribution in [1.29, 1.82) is 0 Å². The Kier molecular flexibility index (Phi) is 4.19. The van der Waals surface area contributed by atoms with E-state index in [1.807, 2.05) is 0 Å². The topological polar surface area (TPSA) is 54.0 Å². The second-order valence-corrected chi connectivity index (χ2v) is 5.11. The van der Waals surface area contributed by atoms with Crippen molar-refractivity contribution in [2.24, 2.45) is 0 Å². The molecule has 5 heteroatoms. The SMILES string of the molecule is CCCC1(C(=O)Nc2cc(Cl)ccn2)CCCN1. The number of carbonyl (C=O) groups excluding carboxylic acids is 1. The monoisotopic (exact) mass is 267 g/mol. The Hall–Kier alpha value is -1.13. The smallest absolute Gasteiger partial charge is 0.245 e. The molecule has 0 spiro atoms. The van der Waals surface area contributed by atoms with Gasteiger partial charge in [-0.05, 0) is 37.9 Å². The minimum Gasteiger partial charge on any atom is -0.309 e. The summed E-state index contributed by atoms with van der Waals surface area (Å²) >= 11 is 5.88. The molecule has 4 nitrogen and oxygen atoms in total. The van der Waals surface area contributed by atoms with Gasteiger partial charge in [0.25, 0.3) is 0 Å². The van der Waals surface area contributed by atoms with Crippen molar-refractivity contribution in [3.8, 4) is 0 Å². The van der Waals surface area contributed by atoms with Crippen LogP contribution >= 0.6 is 11.6 Å². The van der Waals surface area contributed by atoms with E-state index in [2.05, 4.69) is 22.5 Å². The maximum atomic E-state index is 12.4. The molecule has 1 fully saturated rings. The third-order valence-corrected chi connectivity index (χ3v) is 3.55. The van der Waals surface area contributed by atoms with E-state index in [1.165, 1.54) is 0 Å². The Morgan fingerprint density at radius 2 is 2.50 bits per heavy atom. The highest BCUT2D eigenvalue weighted by Gasteiger charge is 2.39. The van der Waals surface area contributed by atoms with Gasteiger partial charge in [0.15, 0.2) is 0 Å². The van der Waals surface area contributed by atoms with Crippen molar-refractivity contribution in [2.75, 3.05) is 11.9 Å². The van der Waals surface area contributed by atoms with E-state index < -0.39 is 5.54 Å². The highest BCUT2D eigenvalue weighted by Crippen LogP contribution is 2.26. The van der Waals surface area contributed by atoms with Crippen molar-refractivity contribution in [2.45, 2.75) is 38.1 Å². The molecule has 1 unspecified atom stereocenters. The van der Waals surface area contributed by atoms with Crippen LogP contribution in [0.4, 0.5) is 5.82 Å². The number of pyridine rings is 1. The van der Waals surface area contributed by atoms with Crippen LogP contribution in [-0.2, 0) is 4.79 Å². The minimum absolute atomic E-state index is 0.00313. The first-order valence-electron chi connectivity index (χ1n) is 6.34. The molecule has 0 saturated carbocycles. The number of aromatic nitrogens is 1. The maximum Gasteiger partial charge on any atom is 0.245 e. The molecule has 1 atom stereocenters. The van der Waals surface area contributed by atoms with E-state index in [0.717, 1.165) is 32.2 Å². The molecule has 1 aliphatic heterocycles. The fourth-order valence-corrected chi connectivity index (χ4v) is 2.62. The summed E-state index contributed by atoms with van der Waals surface area (Å²) in [4.78, 5) is 16.5. The zero-order valence-corrected chi connectivity index (χ0v) is 11.3. The number of hydrogen-bond donors (Lipinski definition) is 2. The normalized spacial score (nSPS) is 23.0. The Morgan fingerprint density at radius 1 is 1.67 bits per heavy atom. The number of carbonyl (C=O) groups is 1. The third-order valence-electron chi connectivity index (χ3n) is 3.32. The Bertz CT molecular complexity index is 430. The zero-order valence-electron chi connectivity index (χ0n) is 10.5. The van der Waals surface area contributed by atoms with Gasteiger partial charge in [-0.3, -0.25) is 4.79 Å². The fourth-order valence-electron chi connectivity index (χ4n) is 2.46. The molecule has 18 heavy (non-hydrogen) atoms. The van der Waals surface area contributed by atoms with Crippen molar-refractivity contribution in [3.63, 3.8) is 0 Å². The lowest BCUT2D eigenvalue weighted by molar-refractivity contribution is -0.122. The second kappa shape index (κ2) is 5.67. The van der Waals surface area contributed by atoms with Crippen molar-refractivity contribution in [3.05, 3.63) is 23.4 Å². The minimum atomic E-state index is -0.432. The van der Waals surface area contributed by atoms with Crippen molar-refractivity contribution >= 4 is 23.3 Å². The summed E-state index contributed by atoms with van der Waals surface area (Å²) < 4.78 is 0. The first-order chi connectivity index (χ1) is 8.66. The zero-order chi connectivity index (χ0) is 13.0. The Labute approximate surface area is 112 Å². The molecule has 1 saturated heterocycles. The third kappa shape index (κ3) is 2.82. The van der Waals surface area contributed by atoms with Crippen LogP contribution in [0.1, 0.15) is 32.6 Å². The van der Waals surface area contributed by atoms with Gasteiger partial charge in [-0.25, -0.2) is 4.98 Å². The van der Waals surface area contributed by atoms with Crippen LogP contribution in [0, 0.1) is 0 Å². The molecule has 1 amide bonds. The standard InChI is InChI=1S/C13H18ClN3O/c1-2-5-13(6-3-7-16-13)12(18)17-11-9-10(14)4-8-15-11/h4,8-9,16H,2-3,5-7H2,1H3,(H,15,17,18). The number of amides is 1. The lowest BCUT2D eigenvalue weighted by atomic mass is 9.91. The van der Waals surface area contributed by atoms with Crippen LogP contribution in [0.5, 0.6) is 0 Å². The number of nitrogens with zero attached hydrogens (tertiary/aromatic N) is 1. The van der Waals surface area contributed by atoms with Crippen LogP contribution in [0.2, 0.25) is 5.02 Å². The molecule has 1 aromatic rings. The average molecular weight is 268 g/mol. The maximum absolute atomic E-state index is 12.4. The van der Waals surface area contributed by atoms with Crippen molar-refractivity contribution in [1.82, 2.24) is 10.3 Å². The first kappa shape index (κ1) is 13.3. The van der Waals surface area contributed by atoms with Gasteiger partial charge in [-0.2, -0.15) is 0 Å². The quantitative estimate of drug-likeness (QED) is 0.882. The molecular weight excluding hydrogens is 250 g/mol. The molecule has 1 aromatic heterocycles. The van der Waals surface area contributed by atoms with Gasteiger partial charge in [0.1, 0.15) is 5.82 Å². The Morgan fingerprint density at radius 3 is 3.11 bits per heavy atom. The summed E-state index contributed by atoms with van der Waals surface area (Å²) in [6, 6.07) is 3.35. The molecule has 0 aliphatic carbocycles. The van der Waals surface area contributed by atoms with Gasteiger partial charge in [0.2, 0.25) is 5.91 Å². The summed E-state index contributed by atoms with van der Waals surface area (Å²) in [6.07, 6.45) is 5.33. The van der Waals surface area contributed by atoms with Gasteiger partial charge in [-0.15, -0.1) is 0 Å². The van der Waals surface area contributed by atoms with E-state index in [-0.39, 0.29) is 5.91 Å². The second-order valence-electron chi connectivity index (χ2n) is 4.68. The lowest BCUT2D eigenvalue weighted by Gasteiger charge is -2.27. The van der Waals surface area contributed by atoms with E-state index >= 15 is 0 Å². The summed E-state index contributed by atoms with van der Waals surface area (Å²) in [5, 5.41) is 6.76. The predicted molar refractivity (Wildman–Crippen MR) is 72.8 cm³/mol. The molecule has 0 aromatic carbocycles. The lowest BCUT2D eigenvalue weighted by Crippen LogP contribution is -2.50. The molecule has 2 N–H and O–H groups in total. The van der Waals surface area contributed by atoms with Crippen LogP contribution < -0.4 is 10.6 Å². The highest BCUT2D eigenvalue weighted by atomic mass is 35.5. The predicted octanol–water partition coefficient (Wildman–Crippen LogP) is 2.60. The number of hydrogen-bond acceptors (Lipinski definition) is 3.